The number of halogens is 1. The van der Waals surface area contributed by atoms with Crippen molar-refractivity contribution in [2.24, 2.45) is 0 Å². The van der Waals surface area contributed by atoms with Crippen LogP contribution < -0.4 is 21.5 Å². The first-order valence-electron chi connectivity index (χ1n) is 11.0. The van der Waals surface area contributed by atoms with E-state index in [-0.39, 0.29) is 11.5 Å². The Kier molecular flexibility index (Phi) is 7.19. The maximum Gasteiger partial charge on any atom is 0.261 e. The molecule has 2 amide bonds. The van der Waals surface area contributed by atoms with Crippen LogP contribution in [0.5, 0.6) is 0 Å². The Morgan fingerprint density at radius 2 is 1.82 bits per heavy atom. The van der Waals surface area contributed by atoms with Crippen molar-refractivity contribution in [3.8, 4) is 0 Å². The molecule has 0 aliphatic carbocycles. The summed E-state index contributed by atoms with van der Waals surface area (Å²) in [6.07, 6.45) is 0. The molecule has 10 heteroatoms. The number of ether oxygens (including phenoxy) is 1. The van der Waals surface area contributed by atoms with E-state index in [4.69, 9.17) is 4.74 Å². The van der Waals surface area contributed by atoms with Gasteiger partial charge in [-0.05, 0) is 42.5 Å². The van der Waals surface area contributed by atoms with Gasteiger partial charge in [-0.2, -0.15) is 0 Å². The summed E-state index contributed by atoms with van der Waals surface area (Å²) in [5.74, 6) is -1.34. The number of aromatic amines is 1. The minimum absolute atomic E-state index is 0.148. The average molecular weight is 468 g/mol. The second-order valence-corrected chi connectivity index (χ2v) is 7.92. The lowest BCUT2D eigenvalue weighted by Gasteiger charge is -2.26. The highest BCUT2D eigenvalue weighted by Gasteiger charge is 2.15. The van der Waals surface area contributed by atoms with Gasteiger partial charge in [-0.1, -0.05) is 0 Å². The smallest absolute Gasteiger partial charge is 0.261 e. The highest BCUT2D eigenvalue weighted by molar-refractivity contribution is 6.06. The number of pyridine rings is 1. The molecule has 1 fully saturated rings. The molecule has 0 radical (unpaired) electrons. The van der Waals surface area contributed by atoms with E-state index in [9.17, 15) is 18.8 Å². The normalized spacial score (nSPS) is 14.1. The number of carbonyl (C=O) groups excluding carboxylic acids is 2. The van der Waals surface area contributed by atoms with Crippen LogP contribution in [0.1, 0.15) is 20.7 Å². The van der Waals surface area contributed by atoms with Gasteiger partial charge >= 0.3 is 0 Å². The third kappa shape index (κ3) is 5.41. The molecule has 4 rings (SSSR count). The summed E-state index contributed by atoms with van der Waals surface area (Å²) in [6, 6.07) is 10.2. The molecular weight excluding hydrogens is 441 g/mol. The number of carbonyl (C=O) groups is 2. The fourth-order valence-electron chi connectivity index (χ4n) is 3.81. The van der Waals surface area contributed by atoms with Crippen LogP contribution >= 0.6 is 0 Å². The van der Waals surface area contributed by atoms with Gasteiger partial charge in [0.05, 0.1) is 24.4 Å². The second kappa shape index (κ2) is 10.4. The van der Waals surface area contributed by atoms with Crippen LogP contribution in [0.25, 0.3) is 10.9 Å². The number of amides is 2. The molecule has 3 aromatic rings. The third-order valence-electron chi connectivity index (χ3n) is 5.65. The lowest BCUT2D eigenvalue weighted by atomic mass is 10.1. The standard InChI is InChI=1S/C24H26FN5O4/c1-26-20-14-17(25)12-16-13-19(24(33)29-21(16)20)23(32)28-18-4-2-15(3-5-18)22(31)27-6-7-30-8-10-34-11-9-30/h2-5,12-14,26H,6-11H2,1H3,(H,27,31)(H,28,32)(H,29,33). The number of hydrogen-bond donors (Lipinski definition) is 4. The zero-order valence-corrected chi connectivity index (χ0v) is 18.7. The Hall–Kier alpha value is -3.76. The van der Waals surface area contributed by atoms with E-state index in [1.54, 1.807) is 31.3 Å². The number of fused-ring (bicyclic) bond motifs is 1. The molecule has 1 aliphatic heterocycles. The van der Waals surface area contributed by atoms with Gasteiger partial charge in [0.25, 0.3) is 17.4 Å². The van der Waals surface area contributed by atoms with Crippen LogP contribution in [-0.4, -0.2) is 68.1 Å². The average Bonchev–Trinajstić information content (AvgIpc) is 2.84. The first-order valence-corrected chi connectivity index (χ1v) is 11.0. The molecule has 1 saturated heterocycles. The molecule has 0 bridgehead atoms. The summed E-state index contributed by atoms with van der Waals surface area (Å²) >= 11 is 0. The third-order valence-corrected chi connectivity index (χ3v) is 5.65. The van der Waals surface area contributed by atoms with Crippen LogP contribution in [0.3, 0.4) is 0 Å². The molecule has 4 N–H and O–H groups in total. The van der Waals surface area contributed by atoms with Crippen molar-refractivity contribution in [2.45, 2.75) is 0 Å². The van der Waals surface area contributed by atoms with Gasteiger partial charge in [0.1, 0.15) is 11.4 Å². The monoisotopic (exact) mass is 467 g/mol. The Morgan fingerprint density at radius 1 is 1.09 bits per heavy atom. The number of anilines is 2. The first kappa shape index (κ1) is 23.4. The highest BCUT2D eigenvalue weighted by atomic mass is 19.1. The molecule has 178 valence electrons. The van der Waals surface area contributed by atoms with E-state index >= 15 is 0 Å². The minimum Gasteiger partial charge on any atom is -0.386 e. The Balaban J connectivity index is 1.39. The van der Waals surface area contributed by atoms with Gasteiger partial charge in [0, 0.05) is 49.9 Å². The van der Waals surface area contributed by atoms with E-state index in [2.05, 4.69) is 25.8 Å². The van der Waals surface area contributed by atoms with Gasteiger partial charge in [-0.15, -0.1) is 0 Å². The SMILES string of the molecule is CNc1cc(F)cc2cc(C(=O)Nc3ccc(C(=O)NCCN4CCOCC4)cc3)c(=O)[nH]c12. The number of aromatic nitrogens is 1. The Labute approximate surface area is 195 Å². The van der Waals surface area contributed by atoms with E-state index in [0.717, 1.165) is 19.6 Å². The van der Waals surface area contributed by atoms with Crippen molar-refractivity contribution in [3.63, 3.8) is 0 Å². The zero-order valence-electron chi connectivity index (χ0n) is 18.7. The topological polar surface area (TPSA) is 116 Å². The summed E-state index contributed by atoms with van der Waals surface area (Å²) in [6.45, 7) is 4.41. The van der Waals surface area contributed by atoms with E-state index in [1.165, 1.54) is 18.2 Å². The predicted molar refractivity (Wildman–Crippen MR) is 128 cm³/mol. The van der Waals surface area contributed by atoms with Crippen LogP contribution in [0.4, 0.5) is 15.8 Å². The maximum atomic E-state index is 13.9. The first-order chi connectivity index (χ1) is 16.4. The fourth-order valence-corrected chi connectivity index (χ4v) is 3.81. The van der Waals surface area contributed by atoms with Gasteiger partial charge in [-0.3, -0.25) is 19.3 Å². The second-order valence-electron chi connectivity index (χ2n) is 7.92. The van der Waals surface area contributed by atoms with Crippen molar-refractivity contribution in [2.75, 3.05) is 57.1 Å². The van der Waals surface area contributed by atoms with Crippen molar-refractivity contribution in [3.05, 3.63) is 69.8 Å². The van der Waals surface area contributed by atoms with Crippen molar-refractivity contribution >= 4 is 34.1 Å². The number of morpholine rings is 1. The molecule has 0 atom stereocenters. The zero-order chi connectivity index (χ0) is 24.1. The Bertz CT molecular complexity index is 1250. The molecule has 9 nitrogen and oxygen atoms in total. The van der Waals surface area contributed by atoms with Gasteiger partial charge < -0.3 is 25.7 Å². The summed E-state index contributed by atoms with van der Waals surface area (Å²) in [5.41, 5.74) is 0.963. The number of nitrogens with zero attached hydrogens (tertiary/aromatic N) is 1. The number of H-pyrrole nitrogens is 1. The van der Waals surface area contributed by atoms with Crippen molar-refractivity contribution in [1.29, 1.82) is 0 Å². The lowest BCUT2D eigenvalue weighted by molar-refractivity contribution is 0.0383. The fraction of sp³-hybridized carbons (Fsp3) is 0.292. The van der Waals surface area contributed by atoms with E-state index in [1.807, 2.05) is 0 Å². The maximum absolute atomic E-state index is 13.9. The largest absolute Gasteiger partial charge is 0.386 e. The summed E-state index contributed by atoms with van der Waals surface area (Å²) in [5, 5.41) is 8.73. The predicted octanol–water partition coefficient (Wildman–Crippen LogP) is 2.02. The highest BCUT2D eigenvalue weighted by Crippen LogP contribution is 2.22. The number of rotatable bonds is 7. The lowest BCUT2D eigenvalue weighted by Crippen LogP contribution is -2.41. The molecule has 1 aromatic heterocycles. The molecule has 2 heterocycles. The van der Waals surface area contributed by atoms with Crippen LogP contribution in [0.15, 0.2) is 47.3 Å². The van der Waals surface area contributed by atoms with Crippen LogP contribution in [0, 0.1) is 5.82 Å². The van der Waals surface area contributed by atoms with Gasteiger partial charge in [0.15, 0.2) is 0 Å². The van der Waals surface area contributed by atoms with Crippen molar-refractivity contribution < 1.29 is 18.7 Å². The molecule has 0 saturated carbocycles. The number of nitrogens with one attached hydrogen (secondary N) is 4. The molecular formula is C24H26FN5O4. The summed E-state index contributed by atoms with van der Waals surface area (Å²) < 4.78 is 19.2. The molecule has 34 heavy (non-hydrogen) atoms. The number of hydrogen-bond acceptors (Lipinski definition) is 6. The van der Waals surface area contributed by atoms with Crippen LogP contribution in [0.2, 0.25) is 0 Å². The Morgan fingerprint density at radius 3 is 2.53 bits per heavy atom. The van der Waals surface area contributed by atoms with Gasteiger partial charge in [0.2, 0.25) is 0 Å². The van der Waals surface area contributed by atoms with Gasteiger partial charge in [-0.25, -0.2) is 4.39 Å². The summed E-state index contributed by atoms with van der Waals surface area (Å²) in [7, 11) is 1.61. The molecule has 2 aromatic carbocycles. The molecule has 0 spiro atoms. The quantitative estimate of drug-likeness (QED) is 0.423. The minimum atomic E-state index is -0.638. The number of benzene rings is 2. The summed E-state index contributed by atoms with van der Waals surface area (Å²) in [4.78, 5) is 42.4. The molecule has 0 unspecified atom stereocenters. The van der Waals surface area contributed by atoms with Crippen LogP contribution in [-0.2, 0) is 4.74 Å². The molecule has 1 aliphatic rings. The van der Waals surface area contributed by atoms with Crippen molar-refractivity contribution in [1.82, 2.24) is 15.2 Å². The van der Waals surface area contributed by atoms with E-state index in [0.29, 0.717) is 47.6 Å². The van der Waals surface area contributed by atoms with E-state index < -0.39 is 17.3 Å².